The van der Waals surface area contributed by atoms with Crippen molar-refractivity contribution in [2.24, 2.45) is 0 Å². The summed E-state index contributed by atoms with van der Waals surface area (Å²) in [6.45, 7) is 4.53. The van der Waals surface area contributed by atoms with Gasteiger partial charge in [-0.05, 0) is 0 Å². The second-order valence-corrected chi connectivity index (χ2v) is 2.12. The van der Waals surface area contributed by atoms with Crippen molar-refractivity contribution in [3.8, 4) is 0 Å². The Morgan fingerprint density at radius 1 is 1.25 bits per heavy atom. The van der Waals surface area contributed by atoms with Gasteiger partial charge in [0.2, 0.25) is 0 Å². The molecule has 22 valence electrons. The zero-order chi connectivity index (χ0) is 2.71. The van der Waals surface area contributed by atoms with Crippen LogP contribution in [-0.4, -0.2) is 28.4 Å². The van der Waals surface area contributed by atoms with Gasteiger partial charge < -0.3 is 0 Å². The topological polar surface area (TPSA) is 0 Å². The summed E-state index contributed by atoms with van der Waals surface area (Å²) in [6, 6.07) is 0. The summed E-state index contributed by atoms with van der Waals surface area (Å²) in [5.74, 6) is 0. The SMILES string of the molecule is C[SiH2]C.[LiH]. The molecule has 0 N–H and O–H groups in total. The van der Waals surface area contributed by atoms with Gasteiger partial charge in [0.25, 0.3) is 0 Å². The molecule has 0 unspecified atom stereocenters. The number of hydrogen-bond acceptors (Lipinski definition) is 0. The summed E-state index contributed by atoms with van der Waals surface area (Å²) >= 11 is 0. The van der Waals surface area contributed by atoms with Gasteiger partial charge in [0, 0.05) is 9.52 Å². The third kappa shape index (κ3) is 14.0. The van der Waals surface area contributed by atoms with E-state index < -0.39 is 0 Å². The fraction of sp³-hybridized carbons (Fsp3) is 1.00. The molecule has 0 aromatic rings. The van der Waals surface area contributed by atoms with Crippen molar-refractivity contribution in [1.82, 2.24) is 0 Å². The summed E-state index contributed by atoms with van der Waals surface area (Å²) < 4.78 is 0. The first-order valence-corrected chi connectivity index (χ1v) is 4.24. The fourth-order valence-electron chi connectivity index (χ4n) is 0. The maximum absolute atomic E-state index is 2.26. The predicted octanol–water partition coefficient (Wildman–Crippen LogP) is -0.397. The van der Waals surface area contributed by atoms with E-state index in [2.05, 4.69) is 13.1 Å². The van der Waals surface area contributed by atoms with Crippen LogP contribution >= 0.6 is 0 Å². The standard InChI is InChI=1S/C2H8Si.Li.H/c1-3-2;;/h3H2,1-2H3;;. The van der Waals surface area contributed by atoms with Crippen LogP contribution in [0.3, 0.4) is 0 Å². The van der Waals surface area contributed by atoms with Gasteiger partial charge in [-0.25, -0.2) is 0 Å². The molecule has 0 fully saturated rings. The molecule has 0 radical (unpaired) electrons. The van der Waals surface area contributed by atoms with E-state index in [1.54, 1.807) is 0 Å². The minimum absolute atomic E-state index is 0. The molecule has 0 rings (SSSR count). The average Bonchev–Trinajstić information content (AvgIpc) is 0.918. The Labute approximate surface area is 42.0 Å². The van der Waals surface area contributed by atoms with Crippen molar-refractivity contribution in [2.75, 3.05) is 0 Å². The van der Waals surface area contributed by atoms with Crippen LogP contribution in [0.1, 0.15) is 0 Å². The van der Waals surface area contributed by atoms with Gasteiger partial charge in [-0.15, -0.1) is 0 Å². The van der Waals surface area contributed by atoms with E-state index in [1.807, 2.05) is 0 Å². The molecule has 4 heavy (non-hydrogen) atoms. The van der Waals surface area contributed by atoms with Crippen molar-refractivity contribution in [3.63, 3.8) is 0 Å². The third-order valence-electron chi connectivity index (χ3n) is 0. The normalized spacial score (nSPS) is 4.50. The maximum atomic E-state index is 2.26. The van der Waals surface area contributed by atoms with E-state index in [4.69, 9.17) is 0 Å². The third-order valence-corrected chi connectivity index (χ3v) is 0. The van der Waals surface area contributed by atoms with Crippen LogP contribution in [0.25, 0.3) is 0 Å². The van der Waals surface area contributed by atoms with Crippen molar-refractivity contribution < 1.29 is 0 Å². The first kappa shape index (κ1) is 8.84. The summed E-state index contributed by atoms with van der Waals surface area (Å²) in [5.41, 5.74) is 0. The van der Waals surface area contributed by atoms with Crippen LogP contribution in [-0.2, 0) is 0 Å². The van der Waals surface area contributed by atoms with Gasteiger partial charge in [-0.2, -0.15) is 0 Å². The minimum atomic E-state index is 0. The van der Waals surface area contributed by atoms with E-state index in [-0.39, 0.29) is 18.9 Å². The Bertz CT molecular complexity index is 6.00. The molecule has 2 heteroatoms. The van der Waals surface area contributed by atoms with Crippen LogP contribution in [0.2, 0.25) is 13.1 Å². The molecule has 0 aromatic heterocycles. The van der Waals surface area contributed by atoms with Crippen molar-refractivity contribution in [1.29, 1.82) is 0 Å². The predicted molar refractivity (Wildman–Crippen MR) is 27.4 cm³/mol. The second kappa shape index (κ2) is 9.18. The first-order chi connectivity index (χ1) is 1.41. The zero-order valence-corrected chi connectivity index (χ0v) is 4.12. The first-order valence-electron chi connectivity index (χ1n) is 1.41. The van der Waals surface area contributed by atoms with E-state index >= 15 is 0 Å². The van der Waals surface area contributed by atoms with Gasteiger partial charge in [0.15, 0.2) is 0 Å². The van der Waals surface area contributed by atoms with Crippen molar-refractivity contribution in [2.45, 2.75) is 13.1 Å². The Balaban J connectivity index is 0. The van der Waals surface area contributed by atoms with Gasteiger partial charge >= 0.3 is 18.9 Å². The van der Waals surface area contributed by atoms with Gasteiger partial charge in [0.1, 0.15) is 0 Å². The Kier molecular flexibility index (Phi) is 20.3. The molecule has 0 aliphatic carbocycles. The molecule has 0 amide bonds. The average molecular weight is 68.1 g/mol. The monoisotopic (exact) mass is 68.1 g/mol. The molecule has 0 aromatic carbocycles. The van der Waals surface area contributed by atoms with Crippen LogP contribution in [0, 0.1) is 0 Å². The molecule has 0 atom stereocenters. The molecule has 0 spiro atoms. The zero-order valence-electron chi connectivity index (χ0n) is 2.71. The summed E-state index contributed by atoms with van der Waals surface area (Å²) in [5, 5.41) is 0. The van der Waals surface area contributed by atoms with Crippen LogP contribution < -0.4 is 0 Å². The van der Waals surface area contributed by atoms with Crippen molar-refractivity contribution >= 4 is 28.4 Å². The van der Waals surface area contributed by atoms with E-state index in [0.717, 1.165) is 0 Å². The quantitative estimate of drug-likeness (QED) is 0.339. The van der Waals surface area contributed by atoms with Crippen LogP contribution in [0.5, 0.6) is 0 Å². The molecule has 0 bridgehead atoms. The van der Waals surface area contributed by atoms with Crippen molar-refractivity contribution in [3.05, 3.63) is 0 Å². The Hall–Kier alpha value is 0.814. The molecular weight excluding hydrogens is 59.0 g/mol. The van der Waals surface area contributed by atoms with Gasteiger partial charge in [0.05, 0.1) is 0 Å². The Morgan fingerprint density at radius 3 is 1.25 bits per heavy atom. The number of rotatable bonds is 0. The van der Waals surface area contributed by atoms with Gasteiger partial charge in [-0.1, -0.05) is 13.1 Å². The molecule has 0 heterocycles. The van der Waals surface area contributed by atoms with Crippen LogP contribution in [0.15, 0.2) is 0 Å². The van der Waals surface area contributed by atoms with E-state index in [9.17, 15) is 0 Å². The summed E-state index contributed by atoms with van der Waals surface area (Å²) in [6.07, 6.45) is 0. The Morgan fingerprint density at radius 2 is 1.25 bits per heavy atom. The number of hydrogen-bond donors (Lipinski definition) is 0. The molecule has 0 nitrogen and oxygen atoms in total. The van der Waals surface area contributed by atoms with Gasteiger partial charge in [-0.3, -0.25) is 0 Å². The summed E-state index contributed by atoms with van der Waals surface area (Å²) in [7, 11) is 0.417. The summed E-state index contributed by atoms with van der Waals surface area (Å²) in [4.78, 5) is 0. The molecule has 0 saturated carbocycles. The molecule has 0 saturated heterocycles. The molecule has 0 aliphatic rings. The fourth-order valence-corrected chi connectivity index (χ4v) is 0. The molecular formula is C2H9LiSi. The second-order valence-electron chi connectivity index (χ2n) is 0.707. The van der Waals surface area contributed by atoms with Crippen LogP contribution in [0.4, 0.5) is 0 Å². The van der Waals surface area contributed by atoms with E-state index in [0.29, 0.717) is 9.52 Å². The molecule has 0 aliphatic heterocycles. The van der Waals surface area contributed by atoms with E-state index in [1.165, 1.54) is 0 Å².